The normalized spacial score (nSPS) is 13.6. The molecule has 0 saturated carbocycles. The van der Waals surface area contributed by atoms with Crippen LogP contribution in [-0.2, 0) is 33.3 Å². The van der Waals surface area contributed by atoms with E-state index in [4.69, 9.17) is 18.9 Å². The predicted molar refractivity (Wildman–Crippen MR) is 308 cm³/mol. The molecule has 1 N–H and O–H groups in total. The van der Waals surface area contributed by atoms with Crippen molar-refractivity contribution in [3.05, 3.63) is 109 Å². The zero-order chi connectivity index (χ0) is 53.4. The van der Waals surface area contributed by atoms with Gasteiger partial charge in [0, 0.05) is 12.8 Å². The molecule has 0 aliphatic heterocycles. The standard InChI is InChI=1S/C64H107NO8/c1-6-8-10-12-14-16-18-20-22-24-26-27-28-29-30-31-32-33-34-35-37-39-41-43-45-47-49-51-53-55-62(67)73-60(59-72-64(63(68)69)70-57-56-65(3,4)5)58-71-61(66)54-52-50-48-46-44-42-40-38-36-25-23-21-19-17-15-13-11-9-7-2/h8,10,14-17,20-23,26-27,29-30,32-33,35,37,60,64H,6-7,9,11-13,18-19,24-25,28,31,34,36,38-59H2,1-5H3/p+1/b10-8-,16-14-,17-15-,22-20-,23-21-,27-26-,30-29-,33-32-,37-35-. The highest BCUT2D eigenvalue weighted by Gasteiger charge is 2.25. The van der Waals surface area contributed by atoms with Crippen LogP contribution in [0.5, 0.6) is 0 Å². The fourth-order valence-electron chi connectivity index (χ4n) is 7.55. The molecule has 416 valence electrons. The molecule has 0 aromatic heterocycles. The number of aliphatic carboxylic acids is 1. The summed E-state index contributed by atoms with van der Waals surface area (Å²) in [5.74, 6) is -2.04. The van der Waals surface area contributed by atoms with Crippen molar-refractivity contribution in [3.8, 4) is 0 Å². The van der Waals surface area contributed by atoms with E-state index in [0.717, 1.165) is 96.3 Å². The summed E-state index contributed by atoms with van der Waals surface area (Å²) in [6.45, 7) is 4.71. The minimum atomic E-state index is -1.52. The van der Waals surface area contributed by atoms with Crippen molar-refractivity contribution in [2.45, 2.75) is 232 Å². The van der Waals surface area contributed by atoms with Crippen LogP contribution in [0, 0.1) is 0 Å². The molecule has 2 unspecified atom stereocenters. The number of carboxylic acid groups (broad SMARTS) is 1. The van der Waals surface area contributed by atoms with Crippen molar-refractivity contribution in [1.82, 2.24) is 0 Å². The highest BCUT2D eigenvalue weighted by Crippen LogP contribution is 2.14. The third-order valence-electron chi connectivity index (χ3n) is 12.0. The average molecular weight is 1020 g/mol. The van der Waals surface area contributed by atoms with Gasteiger partial charge in [0.2, 0.25) is 0 Å². The second-order valence-electron chi connectivity index (χ2n) is 20.2. The number of carbonyl (C=O) groups is 3. The number of unbranched alkanes of at least 4 members (excludes halogenated alkanes) is 19. The number of likely N-dealkylation sites (N-methyl/N-ethyl adjacent to an activating group) is 1. The molecule has 0 fully saturated rings. The quantitative estimate of drug-likeness (QED) is 0.0211. The summed E-state index contributed by atoms with van der Waals surface area (Å²) in [5, 5.41) is 9.70. The summed E-state index contributed by atoms with van der Waals surface area (Å²) in [4.78, 5) is 37.4. The summed E-state index contributed by atoms with van der Waals surface area (Å²) in [6, 6.07) is 0. The number of ether oxygens (including phenoxy) is 4. The number of carbonyl (C=O) groups excluding carboxylic acids is 2. The van der Waals surface area contributed by atoms with Crippen LogP contribution in [-0.4, -0.2) is 87.4 Å². The molecular weight excluding hydrogens is 911 g/mol. The lowest BCUT2D eigenvalue weighted by atomic mass is 10.1. The van der Waals surface area contributed by atoms with Crippen molar-refractivity contribution >= 4 is 17.9 Å². The summed E-state index contributed by atoms with van der Waals surface area (Å²) in [6.07, 6.45) is 71.5. The van der Waals surface area contributed by atoms with Gasteiger partial charge >= 0.3 is 17.9 Å². The van der Waals surface area contributed by atoms with Crippen molar-refractivity contribution in [2.24, 2.45) is 0 Å². The first-order chi connectivity index (χ1) is 35.6. The molecule has 9 nitrogen and oxygen atoms in total. The molecule has 0 spiro atoms. The predicted octanol–water partition coefficient (Wildman–Crippen LogP) is 17.1. The third kappa shape index (κ3) is 55.5. The first kappa shape index (κ1) is 69.0. The van der Waals surface area contributed by atoms with Crippen LogP contribution in [0.25, 0.3) is 0 Å². The van der Waals surface area contributed by atoms with Gasteiger partial charge in [-0.25, -0.2) is 4.79 Å². The fraction of sp³-hybridized carbons (Fsp3) is 0.672. The van der Waals surface area contributed by atoms with E-state index in [1.807, 2.05) is 21.1 Å². The summed E-state index contributed by atoms with van der Waals surface area (Å²) in [7, 11) is 5.95. The van der Waals surface area contributed by atoms with Crippen LogP contribution in [0.3, 0.4) is 0 Å². The van der Waals surface area contributed by atoms with Crippen molar-refractivity contribution < 1.29 is 42.9 Å². The van der Waals surface area contributed by atoms with Gasteiger partial charge in [0.15, 0.2) is 6.10 Å². The second-order valence-corrected chi connectivity index (χ2v) is 20.2. The van der Waals surface area contributed by atoms with E-state index in [9.17, 15) is 19.5 Å². The van der Waals surface area contributed by atoms with Gasteiger partial charge in [-0.05, 0) is 103 Å². The Morgan fingerprint density at radius 1 is 0.425 bits per heavy atom. The Kier molecular flexibility index (Phi) is 51.2. The molecule has 0 rings (SSSR count). The van der Waals surface area contributed by atoms with E-state index < -0.39 is 24.3 Å². The molecule has 0 bridgehead atoms. The largest absolute Gasteiger partial charge is 0.477 e. The number of nitrogens with zero attached hydrogens (tertiary/aromatic N) is 1. The maximum atomic E-state index is 12.9. The van der Waals surface area contributed by atoms with Crippen molar-refractivity contribution in [2.75, 3.05) is 47.5 Å². The van der Waals surface area contributed by atoms with E-state index in [1.165, 1.54) is 89.9 Å². The smallest absolute Gasteiger partial charge is 0.361 e. The minimum absolute atomic E-state index is 0.179. The Labute approximate surface area is 447 Å². The lowest BCUT2D eigenvalue weighted by Crippen LogP contribution is -2.40. The van der Waals surface area contributed by atoms with Crippen LogP contribution in [0.4, 0.5) is 0 Å². The number of hydrogen-bond donors (Lipinski definition) is 1. The number of hydrogen-bond acceptors (Lipinski definition) is 7. The molecule has 0 aliphatic carbocycles. The van der Waals surface area contributed by atoms with E-state index in [-0.39, 0.29) is 38.6 Å². The Morgan fingerprint density at radius 2 is 0.781 bits per heavy atom. The van der Waals surface area contributed by atoms with Gasteiger partial charge in [-0.2, -0.15) is 0 Å². The van der Waals surface area contributed by atoms with Crippen LogP contribution in [0.2, 0.25) is 0 Å². The molecule has 0 heterocycles. The van der Waals surface area contributed by atoms with Crippen molar-refractivity contribution in [1.29, 1.82) is 0 Å². The maximum Gasteiger partial charge on any atom is 0.361 e. The number of allylic oxidation sites excluding steroid dienone is 18. The highest BCUT2D eigenvalue weighted by molar-refractivity contribution is 5.71. The maximum absolute atomic E-state index is 12.9. The van der Waals surface area contributed by atoms with Gasteiger partial charge in [-0.3, -0.25) is 9.59 Å². The molecule has 0 aromatic rings. The van der Waals surface area contributed by atoms with Crippen LogP contribution in [0.1, 0.15) is 219 Å². The lowest BCUT2D eigenvalue weighted by Gasteiger charge is -2.25. The summed E-state index contributed by atoms with van der Waals surface area (Å²) in [5.41, 5.74) is 0. The van der Waals surface area contributed by atoms with E-state index >= 15 is 0 Å². The molecule has 0 aromatic carbocycles. The Morgan fingerprint density at radius 3 is 1.16 bits per heavy atom. The molecule has 0 aliphatic rings. The average Bonchev–Trinajstić information content (AvgIpc) is 3.36. The minimum Gasteiger partial charge on any atom is -0.477 e. The molecule has 73 heavy (non-hydrogen) atoms. The van der Waals surface area contributed by atoms with Gasteiger partial charge < -0.3 is 28.5 Å². The number of carboxylic acids is 1. The monoisotopic (exact) mass is 1020 g/mol. The molecule has 0 saturated heterocycles. The molecule has 0 amide bonds. The number of rotatable bonds is 52. The zero-order valence-corrected chi connectivity index (χ0v) is 47.3. The molecular formula is C64H108NO8+. The number of quaternary nitrogens is 1. The lowest BCUT2D eigenvalue weighted by molar-refractivity contribution is -0.870. The van der Waals surface area contributed by atoms with E-state index in [0.29, 0.717) is 17.4 Å². The van der Waals surface area contributed by atoms with Crippen LogP contribution in [0.15, 0.2) is 109 Å². The van der Waals surface area contributed by atoms with Crippen LogP contribution >= 0.6 is 0 Å². The SMILES string of the molecule is CC/C=C\C/C=C\C/C=C\C/C=C\C/C=C\C/C=C\C/C=C\CCCCCCCCCC(=O)OC(COC(=O)CCCCCCCCCCC/C=C\C/C=C\CCCCC)COC(OCC[N+](C)(C)C)C(=O)O. The van der Waals surface area contributed by atoms with Gasteiger partial charge in [-0.1, -0.05) is 213 Å². The Hall–Kier alpha value is -4.05. The van der Waals surface area contributed by atoms with Gasteiger partial charge in [0.1, 0.15) is 13.2 Å². The van der Waals surface area contributed by atoms with Gasteiger partial charge in [0.05, 0.1) is 34.4 Å². The van der Waals surface area contributed by atoms with Crippen molar-refractivity contribution in [3.63, 3.8) is 0 Å². The topological polar surface area (TPSA) is 108 Å². The fourth-order valence-corrected chi connectivity index (χ4v) is 7.55. The van der Waals surface area contributed by atoms with E-state index in [2.05, 4.69) is 123 Å². The summed E-state index contributed by atoms with van der Waals surface area (Å²) < 4.78 is 22.9. The Bertz CT molecular complexity index is 1560. The van der Waals surface area contributed by atoms with Crippen LogP contribution < -0.4 is 0 Å². The molecule has 9 heteroatoms. The van der Waals surface area contributed by atoms with Gasteiger partial charge in [-0.15, -0.1) is 0 Å². The molecule has 2 atom stereocenters. The highest BCUT2D eigenvalue weighted by atomic mass is 16.7. The van der Waals surface area contributed by atoms with E-state index in [1.54, 1.807) is 0 Å². The first-order valence-corrected chi connectivity index (χ1v) is 29.1. The first-order valence-electron chi connectivity index (χ1n) is 29.1. The summed E-state index contributed by atoms with van der Waals surface area (Å²) >= 11 is 0. The number of esters is 2. The third-order valence-corrected chi connectivity index (χ3v) is 12.0. The van der Waals surface area contributed by atoms with Gasteiger partial charge in [0.25, 0.3) is 6.29 Å². The second kappa shape index (κ2) is 54.2. The molecule has 0 radical (unpaired) electrons. The zero-order valence-electron chi connectivity index (χ0n) is 47.3. The Balaban J connectivity index is 4.31.